The fourth-order valence-corrected chi connectivity index (χ4v) is 3.27. The van der Waals surface area contributed by atoms with Crippen molar-refractivity contribution < 1.29 is 0 Å². The molecular formula is C15H23NSi. The first kappa shape index (κ1) is 13.8. The molecule has 1 nitrogen and oxygen atoms in total. The summed E-state index contributed by atoms with van der Waals surface area (Å²) in [6.45, 7) is 11.4. The Morgan fingerprint density at radius 3 is 2.18 bits per heavy atom. The molecule has 1 aromatic rings. The van der Waals surface area contributed by atoms with E-state index in [1.165, 1.54) is 10.9 Å². The van der Waals surface area contributed by atoms with Crippen LogP contribution in [0.3, 0.4) is 0 Å². The Kier molecular flexibility index (Phi) is 4.76. The van der Waals surface area contributed by atoms with Gasteiger partial charge in [-0.1, -0.05) is 49.1 Å². The van der Waals surface area contributed by atoms with E-state index in [1.807, 2.05) is 18.2 Å². The number of hydrogen-bond acceptors (Lipinski definition) is 1. The molecule has 0 amide bonds. The van der Waals surface area contributed by atoms with E-state index in [-0.39, 0.29) is 0 Å². The molecule has 0 atom stereocenters. The molecule has 0 unspecified atom stereocenters. The van der Waals surface area contributed by atoms with Gasteiger partial charge in [-0.05, 0) is 32.1 Å². The third-order valence-electron chi connectivity index (χ3n) is 2.66. The molecule has 0 aliphatic rings. The summed E-state index contributed by atoms with van der Waals surface area (Å²) in [6, 6.07) is 10.3. The van der Waals surface area contributed by atoms with Gasteiger partial charge in [0.15, 0.2) is 0 Å². The Balaban J connectivity index is 2.80. The lowest BCUT2D eigenvalue weighted by Crippen LogP contribution is -2.23. The van der Waals surface area contributed by atoms with E-state index in [4.69, 9.17) is 0 Å². The normalized spacial score (nSPS) is 13.7. The number of hydrogen-bond donors (Lipinski definition) is 1. The zero-order valence-electron chi connectivity index (χ0n) is 11.5. The highest BCUT2D eigenvalue weighted by Gasteiger charge is 2.16. The second kappa shape index (κ2) is 5.87. The molecule has 0 saturated carbocycles. The molecule has 0 heterocycles. The maximum atomic E-state index is 3.42. The van der Waals surface area contributed by atoms with Gasteiger partial charge in [-0.3, -0.25) is 0 Å². The number of para-hydroxylation sites is 1. The van der Waals surface area contributed by atoms with Crippen LogP contribution in [0, 0.1) is 0 Å². The summed E-state index contributed by atoms with van der Waals surface area (Å²) in [6.07, 6.45) is 4.52. The Labute approximate surface area is 106 Å². The van der Waals surface area contributed by atoms with Crippen LogP contribution in [0.1, 0.15) is 13.8 Å². The predicted octanol–water partition coefficient (Wildman–Crippen LogP) is 4.83. The highest BCUT2D eigenvalue weighted by atomic mass is 28.3. The molecule has 0 aliphatic carbocycles. The number of nitrogens with one attached hydrogen (secondary N) is 1. The van der Waals surface area contributed by atoms with Crippen LogP contribution in [-0.2, 0) is 0 Å². The van der Waals surface area contributed by atoms with Gasteiger partial charge in [-0.25, -0.2) is 0 Å². The fourth-order valence-electron chi connectivity index (χ4n) is 1.75. The van der Waals surface area contributed by atoms with Gasteiger partial charge < -0.3 is 5.32 Å². The van der Waals surface area contributed by atoms with Gasteiger partial charge in [0.2, 0.25) is 0 Å². The summed E-state index contributed by atoms with van der Waals surface area (Å²) >= 11 is 0. The van der Waals surface area contributed by atoms with Crippen LogP contribution in [0.25, 0.3) is 0 Å². The maximum Gasteiger partial charge on any atom is 0.0772 e. The maximum absolute atomic E-state index is 3.42. The molecule has 0 fully saturated rings. The summed E-state index contributed by atoms with van der Waals surface area (Å²) in [5, 5.41) is 4.91. The first-order valence-electron chi connectivity index (χ1n) is 6.10. The zero-order valence-corrected chi connectivity index (χ0v) is 12.5. The fraction of sp³-hybridized carbons (Fsp3) is 0.333. The lowest BCUT2D eigenvalue weighted by Gasteiger charge is -2.19. The monoisotopic (exact) mass is 245 g/mol. The SMILES string of the molecule is C/C=C(\C=C(/C)Nc1ccccc1)[Si](C)(C)C. The van der Waals surface area contributed by atoms with Gasteiger partial charge in [0.1, 0.15) is 0 Å². The third-order valence-corrected chi connectivity index (χ3v) is 4.83. The standard InChI is InChI=1S/C15H23NSi/c1-6-15(17(3,4)5)12-13(2)16-14-10-8-7-9-11-14/h6-12,16H,1-5H3/b13-12+,15-6+. The third kappa shape index (κ3) is 4.61. The molecule has 1 rings (SSSR count). The van der Waals surface area contributed by atoms with Crippen molar-refractivity contribution in [3.05, 3.63) is 53.4 Å². The van der Waals surface area contributed by atoms with Crippen LogP contribution < -0.4 is 5.32 Å². The molecule has 2 heteroatoms. The van der Waals surface area contributed by atoms with E-state index >= 15 is 0 Å². The second-order valence-corrected chi connectivity index (χ2v) is 10.4. The van der Waals surface area contributed by atoms with Gasteiger partial charge in [0.25, 0.3) is 0 Å². The molecule has 0 spiro atoms. The second-order valence-electron chi connectivity index (χ2n) is 5.31. The average Bonchev–Trinajstić information content (AvgIpc) is 2.25. The van der Waals surface area contributed by atoms with Gasteiger partial charge >= 0.3 is 0 Å². The van der Waals surface area contributed by atoms with Crippen molar-refractivity contribution >= 4 is 13.8 Å². The molecule has 1 N–H and O–H groups in total. The van der Waals surface area contributed by atoms with Crippen LogP contribution in [0.4, 0.5) is 5.69 Å². The van der Waals surface area contributed by atoms with Crippen molar-refractivity contribution in [3.8, 4) is 0 Å². The summed E-state index contributed by atoms with van der Waals surface area (Å²) in [5.74, 6) is 0. The van der Waals surface area contributed by atoms with Gasteiger partial charge in [0, 0.05) is 11.4 Å². The van der Waals surface area contributed by atoms with Crippen LogP contribution in [0.5, 0.6) is 0 Å². The van der Waals surface area contributed by atoms with Gasteiger partial charge in [-0.2, -0.15) is 0 Å². The van der Waals surface area contributed by atoms with Crippen molar-refractivity contribution in [2.75, 3.05) is 5.32 Å². The summed E-state index contributed by atoms with van der Waals surface area (Å²) in [4.78, 5) is 0. The molecule has 17 heavy (non-hydrogen) atoms. The number of benzene rings is 1. The first-order valence-corrected chi connectivity index (χ1v) is 9.60. The lowest BCUT2D eigenvalue weighted by atomic mass is 10.3. The Bertz CT molecular complexity index is 410. The Morgan fingerprint density at radius 1 is 1.12 bits per heavy atom. The Morgan fingerprint density at radius 2 is 1.71 bits per heavy atom. The van der Waals surface area contributed by atoms with Gasteiger partial charge in [0.05, 0.1) is 8.07 Å². The molecule has 0 aliphatic heterocycles. The minimum absolute atomic E-state index is 1.15. The minimum atomic E-state index is -1.22. The largest absolute Gasteiger partial charge is 0.359 e. The smallest absolute Gasteiger partial charge is 0.0772 e. The minimum Gasteiger partial charge on any atom is -0.359 e. The van der Waals surface area contributed by atoms with Gasteiger partial charge in [-0.15, -0.1) is 0 Å². The van der Waals surface area contributed by atoms with Crippen molar-refractivity contribution in [2.45, 2.75) is 33.5 Å². The number of allylic oxidation sites excluding steroid dienone is 4. The van der Waals surface area contributed by atoms with Crippen LogP contribution in [0.15, 0.2) is 53.4 Å². The van der Waals surface area contributed by atoms with E-state index < -0.39 is 8.07 Å². The lowest BCUT2D eigenvalue weighted by molar-refractivity contribution is 1.36. The Hall–Kier alpha value is -1.28. The van der Waals surface area contributed by atoms with Crippen LogP contribution in [0.2, 0.25) is 19.6 Å². The van der Waals surface area contributed by atoms with Crippen LogP contribution >= 0.6 is 0 Å². The molecule has 1 aromatic carbocycles. The summed E-state index contributed by atoms with van der Waals surface area (Å²) in [7, 11) is -1.22. The van der Waals surface area contributed by atoms with E-state index in [9.17, 15) is 0 Å². The zero-order chi connectivity index (χ0) is 12.9. The topological polar surface area (TPSA) is 12.0 Å². The van der Waals surface area contributed by atoms with E-state index in [2.05, 4.69) is 63.1 Å². The molecule has 0 aromatic heterocycles. The highest BCUT2D eigenvalue weighted by molar-refractivity contribution is 6.83. The van der Waals surface area contributed by atoms with E-state index in [0.717, 1.165) is 5.69 Å². The van der Waals surface area contributed by atoms with E-state index in [0.29, 0.717) is 0 Å². The van der Waals surface area contributed by atoms with Crippen LogP contribution in [-0.4, -0.2) is 8.07 Å². The highest BCUT2D eigenvalue weighted by Crippen LogP contribution is 2.18. The summed E-state index contributed by atoms with van der Waals surface area (Å²) in [5.41, 5.74) is 2.35. The first-order chi connectivity index (χ1) is 7.93. The quantitative estimate of drug-likeness (QED) is 0.592. The molecule has 92 valence electrons. The van der Waals surface area contributed by atoms with Crippen molar-refractivity contribution in [2.24, 2.45) is 0 Å². The number of rotatable bonds is 4. The predicted molar refractivity (Wildman–Crippen MR) is 80.9 cm³/mol. The molecule has 0 bridgehead atoms. The van der Waals surface area contributed by atoms with Crippen molar-refractivity contribution in [1.82, 2.24) is 0 Å². The number of anilines is 1. The summed E-state index contributed by atoms with van der Waals surface area (Å²) < 4.78 is 0. The average molecular weight is 245 g/mol. The van der Waals surface area contributed by atoms with Crippen molar-refractivity contribution in [3.63, 3.8) is 0 Å². The van der Waals surface area contributed by atoms with E-state index in [1.54, 1.807) is 0 Å². The molecular weight excluding hydrogens is 222 g/mol. The van der Waals surface area contributed by atoms with Crippen molar-refractivity contribution in [1.29, 1.82) is 0 Å². The molecule has 0 saturated heterocycles. The molecule has 0 radical (unpaired) electrons.